The zero-order valence-electron chi connectivity index (χ0n) is 14.7. The van der Waals surface area contributed by atoms with E-state index in [9.17, 15) is 31.1 Å². The Hall–Kier alpha value is -1.73. The van der Waals surface area contributed by atoms with Crippen LogP contribution in [-0.4, -0.2) is 11.9 Å². The lowest BCUT2D eigenvalue weighted by atomic mass is 9.70. The van der Waals surface area contributed by atoms with Gasteiger partial charge in [0.05, 0.1) is 11.1 Å². The van der Waals surface area contributed by atoms with Gasteiger partial charge in [-0.25, -0.2) is 0 Å². The number of nitrogens with one attached hydrogen (secondary N) is 1. The van der Waals surface area contributed by atoms with Gasteiger partial charge in [-0.05, 0) is 48.8 Å². The maximum atomic E-state index is 12.9. The van der Waals surface area contributed by atoms with E-state index >= 15 is 0 Å². The summed E-state index contributed by atoms with van der Waals surface area (Å²) < 4.78 is 77.5. The SMILES string of the molecule is C[C@H]1C[C@H](NC(=O)c2cc(C(F)(F)F)cc(C(F)(F)F)c2)CC(C)(C)C1. The molecule has 1 saturated carbocycles. The number of carbonyl (C=O) groups is 1. The second kappa shape index (κ2) is 6.78. The van der Waals surface area contributed by atoms with Crippen molar-refractivity contribution in [2.75, 3.05) is 0 Å². The highest BCUT2D eigenvalue weighted by molar-refractivity contribution is 5.94. The number of amides is 1. The first-order valence-electron chi connectivity index (χ1n) is 8.28. The molecule has 0 heterocycles. The first-order valence-corrected chi connectivity index (χ1v) is 8.28. The van der Waals surface area contributed by atoms with Crippen LogP contribution in [0.25, 0.3) is 0 Å². The zero-order valence-corrected chi connectivity index (χ0v) is 14.7. The summed E-state index contributed by atoms with van der Waals surface area (Å²) >= 11 is 0. The fourth-order valence-corrected chi connectivity index (χ4v) is 3.81. The Labute approximate surface area is 148 Å². The fourth-order valence-electron chi connectivity index (χ4n) is 3.81. The summed E-state index contributed by atoms with van der Waals surface area (Å²) in [4.78, 5) is 12.3. The van der Waals surface area contributed by atoms with Crippen LogP contribution in [0.3, 0.4) is 0 Å². The molecule has 1 aromatic carbocycles. The molecule has 2 nitrogen and oxygen atoms in total. The third kappa shape index (κ3) is 5.14. The number of hydrogen-bond acceptors (Lipinski definition) is 1. The van der Waals surface area contributed by atoms with Crippen LogP contribution in [0.15, 0.2) is 18.2 Å². The molecule has 0 spiro atoms. The predicted octanol–water partition coefficient (Wildman–Crippen LogP) is 5.67. The van der Waals surface area contributed by atoms with Crippen molar-refractivity contribution in [2.24, 2.45) is 11.3 Å². The molecule has 26 heavy (non-hydrogen) atoms. The third-order valence-electron chi connectivity index (χ3n) is 4.57. The summed E-state index contributed by atoms with van der Waals surface area (Å²) in [6, 6.07) is 0.650. The summed E-state index contributed by atoms with van der Waals surface area (Å²) in [5, 5.41) is 2.60. The Balaban J connectivity index is 2.30. The maximum Gasteiger partial charge on any atom is 0.416 e. The summed E-state index contributed by atoms with van der Waals surface area (Å²) in [5.74, 6) is -0.618. The van der Waals surface area contributed by atoms with Gasteiger partial charge in [0.1, 0.15) is 0 Å². The Morgan fingerprint density at radius 2 is 1.50 bits per heavy atom. The molecular formula is C18H21F6NO. The van der Waals surface area contributed by atoms with E-state index in [1.807, 2.05) is 20.8 Å². The third-order valence-corrected chi connectivity index (χ3v) is 4.57. The van der Waals surface area contributed by atoms with Crippen LogP contribution in [0.5, 0.6) is 0 Å². The first kappa shape index (κ1) is 20.6. The van der Waals surface area contributed by atoms with Gasteiger partial charge in [-0.3, -0.25) is 4.79 Å². The van der Waals surface area contributed by atoms with Gasteiger partial charge in [-0.15, -0.1) is 0 Å². The lowest BCUT2D eigenvalue weighted by Gasteiger charge is -2.39. The summed E-state index contributed by atoms with van der Waals surface area (Å²) in [7, 11) is 0. The molecule has 0 radical (unpaired) electrons. The highest BCUT2D eigenvalue weighted by atomic mass is 19.4. The van der Waals surface area contributed by atoms with Gasteiger partial charge in [-0.2, -0.15) is 26.3 Å². The van der Waals surface area contributed by atoms with Crippen LogP contribution in [0, 0.1) is 11.3 Å². The van der Waals surface area contributed by atoms with Crippen LogP contribution < -0.4 is 5.32 Å². The number of carbonyl (C=O) groups excluding carboxylic acids is 1. The molecule has 1 aliphatic rings. The van der Waals surface area contributed by atoms with E-state index in [0.29, 0.717) is 30.9 Å². The number of alkyl halides is 6. The standard InChI is InChI=1S/C18H21F6NO/c1-10-4-14(9-16(2,3)8-10)25-15(26)11-5-12(17(19,20)21)7-13(6-11)18(22,23)24/h5-7,10,14H,4,8-9H2,1-3H3,(H,25,26)/t10-,14-/m0/s1. The van der Waals surface area contributed by atoms with Gasteiger partial charge in [0.2, 0.25) is 0 Å². The molecule has 1 aliphatic carbocycles. The summed E-state index contributed by atoms with van der Waals surface area (Å²) in [6.07, 6.45) is -7.75. The molecule has 1 aromatic rings. The van der Waals surface area contributed by atoms with E-state index < -0.39 is 35.0 Å². The molecule has 1 N–H and O–H groups in total. The molecule has 0 aliphatic heterocycles. The fraction of sp³-hybridized carbons (Fsp3) is 0.611. The van der Waals surface area contributed by atoms with Crippen molar-refractivity contribution in [3.8, 4) is 0 Å². The molecule has 2 atom stereocenters. The summed E-state index contributed by atoms with van der Waals surface area (Å²) in [5.41, 5.74) is -3.67. The van der Waals surface area contributed by atoms with E-state index in [4.69, 9.17) is 0 Å². The zero-order chi connectivity index (χ0) is 19.9. The molecule has 0 saturated heterocycles. The molecule has 146 valence electrons. The van der Waals surface area contributed by atoms with Gasteiger partial charge >= 0.3 is 12.4 Å². The van der Waals surface area contributed by atoms with Crippen molar-refractivity contribution < 1.29 is 31.1 Å². The predicted molar refractivity (Wildman–Crippen MR) is 84.5 cm³/mol. The van der Waals surface area contributed by atoms with Gasteiger partial charge < -0.3 is 5.32 Å². The Bertz CT molecular complexity index is 645. The number of benzene rings is 1. The van der Waals surface area contributed by atoms with Crippen molar-refractivity contribution in [3.63, 3.8) is 0 Å². The highest BCUT2D eigenvalue weighted by Crippen LogP contribution is 2.39. The normalized spacial score (nSPS) is 23.6. The Kier molecular flexibility index (Phi) is 5.36. The molecule has 0 unspecified atom stereocenters. The average molecular weight is 381 g/mol. The molecule has 1 fully saturated rings. The lowest BCUT2D eigenvalue weighted by molar-refractivity contribution is -0.143. The van der Waals surface area contributed by atoms with E-state index in [1.165, 1.54) is 0 Å². The number of rotatable bonds is 2. The highest BCUT2D eigenvalue weighted by Gasteiger charge is 2.38. The van der Waals surface area contributed by atoms with E-state index in [-0.39, 0.29) is 17.5 Å². The number of hydrogen-bond donors (Lipinski definition) is 1. The quantitative estimate of drug-likeness (QED) is 0.657. The van der Waals surface area contributed by atoms with Gasteiger partial charge in [-0.1, -0.05) is 20.8 Å². The minimum Gasteiger partial charge on any atom is -0.349 e. The number of halogens is 6. The monoisotopic (exact) mass is 381 g/mol. The van der Waals surface area contributed by atoms with Crippen molar-refractivity contribution in [1.82, 2.24) is 5.32 Å². The maximum absolute atomic E-state index is 12.9. The first-order chi connectivity index (χ1) is 11.7. The van der Waals surface area contributed by atoms with Gasteiger partial charge in [0.15, 0.2) is 0 Å². The molecule has 8 heteroatoms. The smallest absolute Gasteiger partial charge is 0.349 e. The van der Waals surface area contributed by atoms with E-state index in [2.05, 4.69) is 5.32 Å². The lowest BCUT2D eigenvalue weighted by Crippen LogP contribution is -2.43. The largest absolute Gasteiger partial charge is 0.416 e. The second-order valence-electron chi connectivity index (χ2n) is 7.88. The van der Waals surface area contributed by atoms with Crippen LogP contribution in [0.4, 0.5) is 26.3 Å². The Morgan fingerprint density at radius 3 is 1.92 bits per heavy atom. The van der Waals surface area contributed by atoms with Crippen LogP contribution in [-0.2, 0) is 12.4 Å². The average Bonchev–Trinajstić information content (AvgIpc) is 2.42. The molecule has 0 bridgehead atoms. The van der Waals surface area contributed by atoms with Gasteiger partial charge in [0.25, 0.3) is 5.91 Å². The molecule has 2 rings (SSSR count). The van der Waals surface area contributed by atoms with Crippen molar-refractivity contribution >= 4 is 5.91 Å². The van der Waals surface area contributed by atoms with Crippen molar-refractivity contribution in [3.05, 3.63) is 34.9 Å². The summed E-state index contributed by atoms with van der Waals surface area (Å²) in [6.45, 7) is 6.05. The second-order valence-corrected chi connectivity index (χ2v) is 7.88. The van der Waals surface area contributed by atoms with E-state index in [0.717, 1.165) is 6.42 Å². The minimum atomic E-state index is -4.97. The van der Waals surface area contributed by atoms with Gasteiger partial charge in [0, 0.05) is 11.6 Å². The topological polar surface area (TPSA) is 29.1 Å². The van der Waals surface area contributed by atoms with E-state index in [1.54, 1.807) is 0 Å². The van der Waals surface area contributed by atoms with Crippen LogP contribution in [0.1, 0.15) is 61.5 Å². The van der Waals surface area contributed by atoms with Crippen LogP contribution >= 0.6 is 0 Å². The molecule has 0 aromatic heterocycles. The van der Waals surface area contributed by atoms with Crippen molar-refractivity contribution in [1.29, 1.82) is 0 Å². The molecule has 1 amide bonds. The Morgan fingerprint density at radius 1 is 1.00 bits per heavy atom. The minimum absolute atomic E-state index is 0.0164. The molecular weight excluding hydrogens is 360 g/mol. The van der Waals surface area contributed by atoms with Crippen molar-refractivity contribution in [2.45, 2.75) is 58.4 Å². The van der Waals surface area contributed by atoms with Crippen LogP contribution in [0.2, 0.25) is 0 Å².